The molecule has 0 saturated carbocycles. The Morgan fingerprint density at radius 3 is 2.75 bits per heavy atom. The van der Waals surface area contributed by atoms with Gasteiger partial charge in [-0.3, -0.25) is 4.79 Å². The Morgan fingerprint density at radius 1 is 1.00 bits per heavy atom. The molecule has 1 amide bonds. The minimum Gasteiger partial charge on any atom is -0.322 e. The highest BCUT2D eigenvalue weighted by Gasteiger charge is 2.17. The average Bonchev–Trinajstić information content (AvgIpc) is 3.16. The number of para-hydroxylation sites is 1. The summed E-state index contributed by atoms with van der Waals surface area (Å²) in [6.07, 6.45) is 8.10. The van der Waals surface area contributed by atoms with Crippen molar-refractivity contribution in [1.82, 2.24) is 9.78 Å². The predicted octanol–water partition coefficient (Wildman–Crippen LogP) is 4.00. The van der Waals surface area contributed by atoms with E-state index in [1.807, 2.05) is 48.7 Å². The van der Waals surface area contributed by atoms with E-state index in [1.165, 1.54) is 24.0 Å². The SMILES string of the molecule is O=C(Nc1cccc2c1CCCC2)c1ccccc1-n1cccn1. The maximum Gasteiger partial charge on any atom is 0.257 e. The third-order valence-electron chi connectivity index (χ3n) is 4.54. The van der Waals surface area contributed by atoms with E-state index in [0.717, 1.165) is 24.2 Å². The van der Waals surface area contributed by atoms with E-state index >= 15 is 0 Å². The van der Waals surface area contributed by atoms with E-state index in [0.29, 0.717) is 5.56 Å². The molecule has 2 aromatic carbocycles. The van der Waals surface area contributed by atoms with Gasteiger partial charge in [-0.05, 0) is 61.1 Å². The van der Waals surface area contributed by atoms with Crippen LogP contribution in [0.4, 0.5) is 5.69 Å². The molecule has 0 saturated heterocycles. The van der Waals surface area contributed by atoms with Crippen LogP contribution in [-0.4, -0.2) is 15.7 Å². The highest BCUT2D eigenvalue weighted by molar-refractivity contribution is 6.07. The van der Waals surface area contributed by atoms with Crippen molar-refractivity contribution in [2.45, 2.75) is 25.7 Å². The summed E-state index contributed by atoms with van der Waals surface area (Å²) in [5.74, 6) is -0.0972. The Kier molecular flexibility index (Phi) is 3.87. The van der Waals surface area contributed by atoms with Crippen molar-refractivity contribution in [3.05, 3.63) is 77.6 Å². The smallest absolute Gasteiger partial charge is 0.257 e. The van der Waals surface area contributed by atoms with Gasteiger partial charge >= 0.3 is 0 Å². The number of amides is 1. The van der Waals surface area contributed by atoms with Crippen LogP contribution in [-0.2, 0) is 12.8 Å². The Bertz CT molecular complexity index is 868. The molecule has 3 aromatic rings. The molecule has 1 heterocycles. The molecule has 1 N–H and O–H groups in total. The van der Waals surface area contributed by atoms with Gasteiger partial charge in [-0.2, -0.15) is 5.10 Å². The van der Waals surface area contributed by atoms with E-state index in [9.17, 15) is 4.79 Å². The summed E-state index contributed by atoms with van der Waals surface area (Å²) in [7, 11) is 0. The van der Waals surface area contributed by atoms with Gasteiger partial charge in [0.05, 0.1) is 11.3 Å². The second kappa shape index (κ2) is 6.32. The maximum absolute atomic E-state index is 12.9. The van der Waals surface area contributed by atoms with Crippen molar-refractivity contribution in [3.8, 4) is 5.69 Å². The number of benzene rings is 2. The lowest BCUT2D eigenvalue weighted by Gasteiger charge is -2.20. The summed E-state index contributed by atoms with van der Waals surface area (Å²) >= 11 is 0. The minimum absolute atomic E-state index is 0.0972. The van der Waals surface area contributed by atoms with Crippen molar-refractivity contribution < 1.29 is 4.79 Å². The number of hydrogen-bond donors (Lipinski definition) is 1. The monoisotopic (exact) mass is 317 g/mol. The molecule has 0 unspecified atom stereocenters. The molecule has 4 rings (SSSR count). The zero-order chi connectivity index (χ0) is 16.4. The molecule has 1 aromatic heterocycles. The fourth-order valence-corrected chi connectivity index (χ4v) is 3.36. The van der Waals surface area contributed by atoms with Crippen LogP contribution in [0.25, 0.3) is 5.69 Å². The molecule has 0 fully saturated rings. The third kappa shape index (κ3) is 2.71. The number of carbonyl (C=O) groups excluding carboxylic acids is 1. The predicted molar refractivity (Wildman–Crippen MR) is 94.6 cm³/mol. The first kappa shape index (κ1) is 14.7. The largest absolute Gasteiger partial charge is 0.322 e. The van der Waals surface area contributed by atoms with Gasteiger partial charge in [0.1, 0.15) is 0 Å². The van der Waals surface area contributed by atoms with E-state index < -0.39 is 0 Å². The summed E-state index contributed by atoms with van der Waals surface area (Å²) in [5, 5.41) is 7.35. The minimum atomic E-state index is -0.0972. The summed E-state index contributed by atoms with van der Waals surface area (Å²) in [6.45, 7) is 0. The molecule has 0 spiro atoms. The van der Waals surface area contributed by atoms with Crippen molar-refractivity contribution >= 4 is 11.6 Å². The number of nitrogens with zero attached hydrogens (tertiary/aromatic N) is 2. The summed E-state index contributed by atoms with van der Waals surface area (Å²) in [4.78, 5) is 12.9. The van der Waals surface area contributed by atoms with Gasteiger partial charge in [0.25, 0.3) is 5.91 Å². The molecule has 24 heavy (non-hydrogen) atoms. The Hall–Kier alpha value is -2.88. The van der Waals surface area contributed by atoms with Crippen LogP contribution in [0, 0.1) is 0 Å². The topological polar surface area (TPSA) is 46.9 Å². The number of rotatable bonds is 3. The Labute approximate surface area is 141 Å². The number of aromatic nitrogens is 2. The van der Waals surface area contributed by atoms with E-state index in [-0.39, 0.29) is 5.91 Å². The molecule has 0 aliphatic heterocycles. The number of hydrogen-bond acceptors (Lipinski definition) is 2. The molecule has 0 atom stereocenters. The number of fused-ring (bicyclic) bond motifs is 1. The van der Waals surface area contributed by atoms with Crippen LogP contribution in [0.15, 0.2) is 60.9 Å². The molecule has 1 aliphatic rings. The maximum atomic E-state index is 12.9. The number of carbonyl (C=O) groups is 1. The van der Waals surface area contributed by atoms with Gasteiger partial charge in [-0.1, -0.05) is 24.3 Å². The first-order valence-corrected chi connectivity index (χ1v) is 8.34. The second-order valence-electron chi connectivity index (χ2n) is 6.07. The van der Waals surface area contributed by atoms with Crippen LogP contribution in [0.3, 0.4) is 0 Å². The number of anilines is 1. The Balaban J connectivity index is 1.67. The number of nitrogens with one attached hydrogen (secondary N) is 1. The van der Waals surface area contributed by atoms with Gasteiger partial charge in [0.15, 0.2) is 0 Å². The molecule has 0 bridgehead atoms. The molecule has 1 aliphatic carbocycles. The lowest BCUT2D eigenvalue weighted by molar-refractivity contribution is 0.102. The van der Waals surface area contributed by atoms with Gasteiger partial charge < -0.3 is 5.32 Å². The first-order valence-electron chi connectivity index (χ1n) is 8.34. The van der Waals surface area contributed by atoms with Crippen molar-refractivity contribution in [2.24, 2.45) is 0 Å². The molecule has 4 heteroatoms. The first-order chi connectivity index (χ1) is 11.8. The lowest BCUT2D eigenvalue weighted by atomic mass is 9.90. The van der Waals surface area contributed by atoms with Crippen LogP contribution in [0.5, 0.6) is 0 Å². The molecule has 120 valence electrons. The average molecular weight is 317 g/mol. The van der Waals surface area contributed by atoms with Crippen LogP contribution in [0.1, 0.15) is 34.3 Å². The zero-order valence-electron chi connectivity index (χ0n) is 13.4. The van der Waals surface area contributed by atoms with Crippen LogP contribution >= 0.6 is 0 Å². The van der Waals surface area contributed by atoms with Crippen molar-refractivity contribution in [2.75, 3.05) is 5.32 Å². The van der Waals surface area contributed by atoms with E-state index in [4.69, 9.17) is 0 Å². The molecular weight excluding hydrogens is 298 g/mol. The van der Waals surface area contributed by atoms with Crippen molar-refractivity contribution in [1.29, 1.82) is 0 Å². The van der Waals surface area contributed by atoms with E-state index in [1.54, 1.807) is 10.9 Å². The second-order valence-corrected chi connectivity index (χ2v) is 6.07. The van der Waals surface area contributed by atoms with Gasteiger partial charge in [-0.25, -0.2) is 4.68 Å². The van der Waals surface area contributed by atoms with Gasteiger partial charge in [0, 0.05) is 18.1 Å². The lowest BCUT2D eigenvalue weighted by Crippen LogP contribution is -2.17. The molecular formula is C20H19N3O. The fourth-order valence-electron chi connectivity index (χ4n) is 3.36. The summed E-state index contributed by atoms with van der Waals surface area (Å²) < 4.78 is 1.72. The zero-order valence-corrected chi connectivity index (χ0v) is 13.4. The highest BCUT2D eigenvalue weighted by Crippen LogP contribution is 2.28. The summed E-state index contributed by atoms with van der Waals surface area (Å²) in [6, 6.07) is 15.6. The molecule has 0 radical (unpaired) electrons. The molecule has 4 nitrogen and oxygen atoms in total. The quantitative estimate of drug-likeness (QED) is 0.793. The third-order valence-corrected chi connectivity index (χ3v) is 4.54. The van der Waals surface area contributed by atoms with Gasteiger partial charge in [0.2, 0.25) is 0 Å². The van der Waals surface area contributed by atoms with Crippen LogP contribution < -0.4 is 5.32 Å². The summed E-state index contributed by atoms with van der Waals surface area (Å²) in [5.41, 5.74) is 4.99. The van der Waals surface area contributed by atoms with Crippen molar-refractivity contribution in [3.63, 3.8) is 0 Å². The van der Waals surface area contributed by atoms with Gasteiger partial charge in [-0.15, -0.1) is 0 Å². The van der Waals surface area contributed by atoms with Crippen LogP contribution in [0.2, 0.25) is 0 Å². The standard InChI is InChI=1S/C20H19N3O/c24-20(17-10-3-4-12-19(17)23-14-6-13-21-23)22-18-11-5-8-15-7-1-2-9-16(15)18/h3-6,8,10-14H,1-2,7,9H2,(H,22,24). The number of aryl methyl sites for hydroxylation is 1. The highest BCUT2D eigenvalue weighted by atomic mass is 16.1. The normalized spacial score (nSPS) is 13.3. The van der Waals surface area contributed by atoms with E-state index in [2.05, 4.69) is 16.5 Å². The fraction of sp³-hybridized carbons (Fsp3) is 0.200. The Morgan fingerprint density at radius 2 is 1.88 bits per heavy atom.